The Bertz CT molecular complexity index is 565. The second kappa shape index (κ2) is 8.23. The van der Waals surface area contributed by atoms with Crippen LogP contribution in [0.4, 0.5) is 8.78 Å². The van der Waals surface area contributed by atoms with Crippen molar-refractivity contribution in [3.05, 3.63) is 23.8 Å². The summed E-state index contributed by atoms with van der Waals surface area (Å²) in [4.78, 5) is -0.722. The van der Waals surface area contributed by atoms with Crippen LogP contribution in [0.2, 0.25) is 0 Å². The fourth-order valence-electron chi connectivity index (χ4n) is 1.47. The minimum Gasteiger partial charge on any atom is -0.489 e. The van der Waals surface area contributed by atoms with Crippen molar-refractivity contribution in [1.82, 2.24) is 0 Å². The molecule has 0 unspecified atom stereocenters. The molecule has 0 fully saturated rings. The number of rotatable bonds is 9. The minimum atomic E-state index is -4.29. The van der Waals surface area contributed by atoms with Gasteiger partial charge >= 0.3 is 0 Å². The maximum absolute atomic E-state index is 13.6. The Morgan fingerprint density at radius 3 is 2.48 bits per heavy atom. The van der Waals surface area contributed by atoms with E-state index in [0.717, 1.165) is 0 Å². The molecule has 0 radical (unpaired) electrons. The van der Waals surface area contributed by atoms with Crippen LogP contribution in [0, 0.1) is 11.6 Å². The van der Waals surface area contributed by atoms with Crippen molar-refractivity contribution < 1.29 is 31.4 Å². The van der Waals surface area contributed by atoms with Gasteiger partial charge in [-0.2, -0.15) is 0 Å². The monoisotopic (exact) mass is 325 g/mol. The molecule has 1 aromatic carbocycles. The van der Waals surface area contributed by atoms with Crippen molar-refractivity contribution in [3.8, 4) is 5.75 Å². The molecule has 1 rings (SSSR count). The maximum Gasteiger partial charge on any atom is 0.241 e. The number of hydrogen-bond acceptors (Lipinski definition) is 5. The van der Waals surface area contributed by atoms with Gasteiger partial charge in [0.05, 0.1) is 19.8 Å². The van der Waals surface area contributed by atoms with Crippen molar-refractivity contribution in [2.75, 3.05) is 33.5 Å². The molecule has 0 aliphatic heterocycles. The van der Waals surface area contributed by atoms with Crippen molar-refractivity contribution in [2.24, 2.45) is 5.14 Å². The molecule has 0 saturated heterocycles. The zero-order valence-electron chi connectivity index (χ0n) is 11.5. The highest BCUT2D eigenvalue weighted by Crippen LogP contribution is 2.27. The Balaban J connectivity index is 2.63. The van der Waals surface area contributed by atoms with Crippen LogP contribution in [0.15, 0.2) is 17.0 Å². The zero-order valence-corrected chi connectivity index (χ0v) is 12.3. The van der Waals surface area contributed by atoms with E-state index in [-0.39, 0.29) is 6.61 Å². The van der Waals surface area contributed by atoms with Gasteiger partial charge in [-0.1, -0.05) is 0 Å². The molecule has 1 aromatic rings. The summed E-state index contributed by atoms with van der Waals surface area (Å²) in [5, 5.41) is 4.90. The molecule has 0 aliphatic carbocycles. The van der Waals surface area contributed by atoms with E-state index in [2.05, 4.69) is 0 Å². The lowest BCUT2D eigenvalue weighted by Crippen LogP contribution is -2.16. The molecule has 0 saturated carbocycles. The molecular formula is C12H17F2NO5S. The van der Waals surface area contributed by atoms with E-state index in [9.17, 15) is 17.2 Å². The molecule has 21 heavy (non-hydrogen) atoms. The van der Waals surface area contributed by atoms with E-state index in [1.807, 2.05) is 0 Å². The Morgan fingerprint density at radius 2 is 1.86 bits per heavy atom. The first-order valence-corrected chi connectivity index (χ1v) is 7.62. The van der Waals surface area contributed by atoms with E-state index < -0.39 is 32.3 Å². The van der Waals surface area contributed by atoms with Crippen LogP contribution in [-0.2, 0) is 19.5 Å². The van der Waals surface area contributed by atoms with Crippen LogP contribution >= 0.6 is 0 Å². The summed E-state index contributed by atoms with van der Waals surface area (Å²) in [6, 6.07) is 1.14. The van der Waals surface area contributed by atoms with Crippen molar-refractivity contribution in [1.29, 1.82) is 0 Å². The first-order chi connectivity index (χ1) is 9.86. The smallest absolute Gasteiger partial charge is 0.241 e. The molecule has 0 bridgehead atoms. The number of sulfonamides is 1. The molecule has 120 valence electrons. The first kappa shape index (κ1) is 17.8. The molecule has 0 amide bonds. The average Bonchev–Trinajstić information content (AvgIpc) is 2.38. The summed E-state index contributed by atoms with van der Waals surface area (Å²) in [5.74, 6) is -2.76. The Hall–Kier alpha value is -1.29. The zero-order chi connectivity index (χ0) is 15.9. The SMILES string of the molecule is COCCOCCCOc1c(F)cc(F)cc1S(N)(=O)=O. The minimum absolute atomic E-state index is 0.00193. The number of nitrogens with two attached hydrogens (primary N) is 1. The van der Waals surface area contributed by atoms with E-state index >= 15 is 0 Å². The van der Waals surface area contributed by atoms with Crippen LogP contribution in [0.1, 0.15) is 6.42 Å². The second-order valence-corrected chi connectivity index (χ2v) is 5.60. The Morgan fingerprint density at radius 1 is 1.14 bits per heavy atom. The third kappa shape index (κ3) is 5.92. The van der Waals surface area contributed by atoms with Gasteiger partial charge in [-0.15, -0.1) is 0 Å². The summed E-state index contributed by atoms with van der Waals surface area (Å²) >= 11 is 0. The van der Waals surface area contributed by atoms with Gasteiger partial charge in [-0.3, -0.25) is 0 Å². The predicted molar refractivity (Wildman–Crippen MR) is 70.5 cm³/mol. The van der Waals surface area contributed by atoms with Crippen molar-refractivity contribution in [3.63, 3.8) is 0 Å². The van der Waals surface area contributed by atoms with E-state index in [1.165, 1.54) is 0 Å². The fourth-order valence-corrected chi connectivity index (χ4v) is 2.16. The molecule has 0 spiro atoms. The van der Waals surface area contributed by atoms with Crippen LogP contribution in [0.25, 0.3) is 0 Å². The van der Waals surface area contributed by atoms with Crippen LogP contribution < -0.4 is 9.88 Å². The molecular weight excluding hydrogens is 308 g/mol. The summed E-state index contributed by atoms with van der Waals surface area (Å²) in [6.07, 6.45) is 0.393. The number of hydrogen-bond donors (Lipinski definition) is 1. The van der Waals surface area contributed by atoms with E-state index in [4.69, 9.17) is 19.3 Å². The number of methoxy groups -OCH3 is 1. The van der Waals surface area contributed by atoms with Gasteiger partial charge in [0.15, 0.2) is 11.6 Å². The van der Waals surface area contributed by atoms with Gasteiger partial charge in [0.1, 0.15) is 10.7 Å². The Labute approximate surface area is 121 Å². The van der Waals surface area contributed by atoms with Gasteiger partial charge < -0.3 is 14.2 Å². The molecule has 2 N–H and O–H groups in total. The fraction of sp³-hybridized carbons (Fsp3) is 0.500. The van der Waals surface area contributed by atoms with Crippen LogP contribution in [-0.4, -0.2) is 42.0 Å². The van der Waals surface area contributed by atoms with Gasteiger partial charge in [-0.05, 0) is 6.07 Å². The van der Waals surface area contributed by atoms with Crippen LogP contribution in [0.5, 0.6) is 5.75 Å². The number of ether oxygens (including phenoxy) is 3. The lowest BCUT2D eigenvalue weighted by Gasteiger charge is -2.11. The molecule has 0 heterocycles. The first-order valence-electron chi connectivity index (χ1n) is 6.07. The van der Waals surface area contributed by atoms with Crippen molar-refractivity contribution >= 4 is 10.0 Å². The predicted octanol–water partition coefficient (Wildman–Crippen LogP) is 1.04. The highest BCUT2D eigenvalue weighted by molar-refractivity contribution is 7.89. The van der Waals surface area contributed by atoms with Gasteiger partial charge in [0, 0.05) is 26.2 Å². The molecule has 9 heteroatoms. The standard InChI is InChI=1S/C12H17F2NO5S/c1-18-5-6-19-3-2-4-20-12-10(14)7-9(13)8-11(12)21(15,16)17/h7-8H,2-6H2,1H3,(H2,15,16,17). The largest absolute Gasteiger partial charge is 0.489 e. The summed E-state index contributed by atoms with van der Waals surface area (Å²) < 4.78 is 64.2. The third-order valence-electron chi connectivity index (χ3n) is 2.39. The molecule has 0 atom stereocenters. The quantitative estimate of drug-likeness (QED) is 0.686. The Kier molecular flexibility index (Phi) is 6.96. The average molecular weight is 325 g/mol. The van der Waals surface area contributed by atoms with Gasteiger partial charge in [-0.25, -0.2) is 22.3 Å². The van der Waals surface area contributed by atoms with E-state index in [0.29, 0.717) is 38.4 Å². The van der Waals surface area contributed by atoms with E-state index in [1.54, 1.807) is 7.11 Å². The van der Waals surface area contributed by atoms with Crippen molar-refractivity contribution in [2.45, 2.75) is 11.3 Å². The number of primary sulfonamides is 1. The third-order valence-corrected chi connectivity index (χ3v) is 3.31. The lowest BCUT2D eigenvalue weighted by atomic mass is 10.3. The highest BCUT2D eigenvalue weighted by Gasteiger charge is 2.21. The summed E-state index contributed by atoms with van der Waals surface area (Å²) in [7, 11) is -2.75. The normalized spacial score (nSPS) is 11.6. The summed E-state index contributed by atoms with van der Waals surface area (Å²) in [6.45, 7) is 1.18. The van der Waals surface area contributed by atoms with Crippen LogP contribution in [0.3, 0.4) is 0 Å². The number of halogens is 2. The number of benzene rings is 1. The second-order valence-electron chi connectivity index (χ2n) is 4.07. The van der Waals surface area contributed by atoms with Gasteiger partial charge in [0.25, 0.3) is 0 Å². The van der Waals surface area contributed by atoms with Gasteiger partial charge in [0.2, 0.25) is 10.0 Å². The molecule has 0 aliphatic rings. The molecule has 6 nitrogen and oxygen atoms in total. The molecule has 0 aromatic heterocycles. The summed E-state index contributed by atoms with van der Waals surface area (Å²) in [5.41, 5.74) is 0. The topological polar surface area (TPSA) is 87.8 Å². The highest BCUT2D eigenvalue weighted by atomic mass is 32.2. The lowest BCUT2D eigenvalue weighted by molar-refractivity contribution is 0.0640. The maximum atomic E-state index is 13.6.